The molecule has 2 unspecified atom stereocenters. The Morgan fingerprint density at radius 1 is 1.10 bits per heavy atom. The smallest absolute Gasteiger partial charge is 0.284 e. The van der Waals surface area contributed by atoms with Gasteiger partial charge < -0.3 is 29.0 Å². The Morgan fingerprint density at radius 3 is 2.14 bits per heavy atom. The highest BCUT2D eigenvalue weighted by Gasteiger charge is 2.33. The van der Waals surface area contributed by atoms with Crippen molar-refractivity contribution in [2.24, 2.45) is 4.99 Å². The summed E-state index contributed by atoms with van der Waals surface area (Å²) in [6, 6.07) is 0.469. The third kappa shape index (κ3) is 5.10. The number of aliphatic imine (C=N–C) groups is 1. The highest BCUT2D eigenvalue weighted by Crippen LogP contribution is 2.23. The standard InChI is InChI=1S/C14H26N2O5/c1-13(2)18-8-10(20-13)6-15-12(17-5)16-7-11-9-19-14(3,4)21-11/h10-11H,6-9H2,1-5H3,(H,15,16). The van der Waals surface area contributed by atoms with Gasteiger partial charge in [0.15, 0.2) is 11.6 Å². The van der Waals surface area contributed by atoms with E-state index in [9.17, 15) is 0 Å². The van der Waals surface area contributed by atoms with Gasteiger partial charge in [0.2, 0.25) is 0 Å². The number of ether oxygens (including phenoxy) is 5. The third-order valence-electron chi connectivity index (χ3n) is 3.25. The predicted octanol–water partition coefficient (Wildman–Crippen LogP) is 0.881. The molecule has 21 heavy (non-hydrogen) atoms. The van der Waals surface area contributed by atoms with Gasteiger partial charge in [0, 0.05) is 6.54 Å². The van der Waals surface area contributed by atoms with Crippen LogP contribution in [0.4, 0.5) is 0 Å². The fourth-order valence-electron chi connectivity index (χ4n) is 2.30. The lowest BCUT2D eigenvalue weighted by atomic mass is 10.3. The first-order valence-electron chi connectivity index (χ1n) is 7.25. The van der Waals surface area contributed by atoms with Crippen molar-refractivity contribution in [3.05, 3.63) is 0 Å². The predicted molar refractivity (Wildman–Crippen MR) is 77.1 cm³/mol. The largest absolute Gasteiger partial charge is 0.469 e. The molecule has 2 rings (SSSR count). The Labute approximate surface area is 125 Å². The fourth-order valence-corrected chi connectivity index (χ4v) is 2.30. The molecule has 0 aliphatic carbocycles. The van der Waals surface area contributed by atoms with E-state index in [2.05, 4.69) is 10.3 Å². The number of hydrogen-bond acceptors (Lipinski definition) is 6. The van der Waals surface area contributed by atoms with Gasteiger partial charge in [-0.05, 0) is 27.7 Å². The average Bonchev–Trinajstić information content (AvgIpc) is 2.92. The van der Waals surface area contributed by atoms with E-state index < -0.39 is 11.6 Å². The first-order valence-corrected chi connectivity index (χ1v) is 7.25. The lowest BCUT2D eigenvalue weighted by Gasteiger charge is -2.18. The van der Waals surface area contributed by atoms with E-state index in [1.807, 2.05) is 27.7 Å². The quantitative estimate of drug-likeness (QED) is 0.614. The van der Waals surface area contributed by atoms with Crippen molar-refractivity contribution in [3.63, 3.8) is 0 Å². The summed E-state index contributed by atoms with van der Waals surface area (Å²) in [5.41, 5.74) is 0. The second-order valence-corrected chi connectivity index (χ2v) is 6.13. The van der Waals surface area contributed by atoms with Crippen LogP contribution in [0, 0.1) is 0 Å². The molecule has 0 aromatic carbocycles. The van der Waals surface area contributed by atoms with Crippen LogP contribution >= 0.6 is 0 Å². The highest BCUT2D eigenvalue weighted by molar-refractivity contribution is 5.73. The molecule has 0 amide bonds. The van der Waals surface area contributed by atoms with E-state index in [0.717, 1.165) is 0 Å². The van der Waals surface area contributed by atoms with Crippen LogP contribution in [0.15, 0.2) is 4.99 Å². The van der Waals surface area contributed by atoms with Gasteiger partial charge in [0.1, 0.15) is 12.2 Å². The van der Waals surface area contributed by atoms with Crippen LogP contribution in [-0.4, -0.2) is 63.2 Å². The highest BCUT2D eigenvalue weighted by atomic mass is 16.7. The van der Waals surface area contributed by atoms with Gasteiger partial charge in [-0.1, -0.05) is 0 Å². The number of rotatable bonds is 4. The Morgan fingerprint density at radius 2 is 1.67 bits per heavy atom. The Kier molecular flexibility index (Phi) is 5.08. The van der Waals surface area contributed by atoms with Crippen LogP contribution in [0.1, 0.15) is 27.7 Å². The second kappa shape index (κ2) is 6.48. The summed E-state index contributed by atoms with van der Waals surface area (Å²) < 4.78 is 27.6. The Balaban J connectivity index is 1.74. The van der Waals surface area contributed by atoms with Crippen LogP contribution in [0.25, 0.3) is 0 Å². The first kappa shape index (κ1) is 16.5. The van der Waals surface area contributed by atoms with Crippen LogP contribution < -0.4 is 5.32 Å². The number of methoxy groups -OCH3 is 1. The van der Waals surface area contributed by atoms with E-state index in [0.29, 0.717) is 32.3 Å². The third-order valence-corrected chi connectivity index (χ3v) is 3.25. The Hall–Kier alpha value is -0.890. The molecule has 2 aliphatic heterocycles. The molecule has 0 aromatic heterocycles. The minimum atomic E-state index is -0.526. The van der Waals surface area contributed by atoms with Crippen molar-refractivity contribution in [1.29, 1.82) is 0 Å². The topological polar surface area (TPSA) is 70.5 Å². The first-order chi connectivity index (χ1) is 9.80. The van der Waals surface area contributed by atoms with Crippen molar-refractivity contribution in [2.45, 2.75) is 51.5 Å². The van der Waals surface area contributed by atoms with Crippen molar-refractivity contribution < 1.29 is 23.7 Å². The van der Waals surface area contributed by atoms with Crippen molar-refractivity contribution in [2.75, 3.05) is 33.4 Å². The summed E-state index contributed by atoms with van der Waals surface area (Å²) >= 11 is 0. The number of nitrogens with one attached hydrogen (secondary N) is 1. The molecule has 7 heteroatoms. The van der Waals surface area contributed by atoms with E-state index in [4.69, 9.17) is 23.7 Å². The van der Waals surface area contributed by atoms with Gasteiger partial charge in [-0.15, -0.1) is 0 Å². The minimum absolute atomic E-state index is 0.00894. The fraction of sp³-hybridized carbons (Fsp3) is 0.929. The van der Waals surface area contributed by atoms with Crippen molar-refractivity contribution >= 4 is 6.02 Å². The maximum Gasteiger partial charge on any atom is 0.284 e. The van der Waals surface area contributed by atoms with Crippen LogP contribution in [0.3, 0.4) is 0 Å². The zero-order valence-corrected chi connectivity index (χ0v) is 13.5. The summed E-state index contributed by atoms with van der Waals surface area (Å²) in [6.45, 7) is 9.77. The number of amidine groups is 1. The molecule has 122 valence electrons. The van der Waals surface area contributed by atoms with E-state index in [1.54, 1.807) is 7.11 Å². The summed E-state index contributed by atoms with van der Waals surface area (Å²) in [4.78, 5) is 4.37. The zero-order valence-electron chi connectivity index (χ0n) is 13.5. The van der Waals surface area contributed by atoms with E-state index >= 15 is 0 Å². The normalized spacial score (nSPS) is 31.4. The molecular weight excluding hydrogens is 276 g/mol. The van der Waals surface area contributed by atoms with Gasteiger partial charge >= 0.3 is 0 Å². The SMILES string of the molecule is COC(=NCC1COC(C)(C)O1)NCC1COC(C)(C)O1. The van der Waals surface area contributed by atoms with Crippen LogP contribution in [-0.2, 0) is 23.7 Å². The van der Waals surface area contributed by atoms with E-state index in [1.165, 1.54) is 0 Å². The molecule has 2 saturated heterocycles. The maximum atomic E-state index is 5.71. The maximum absolute atomic E-state index is 5.71. The molecule has 0 aromatic rings. The number of nitrogens with zero attached hydrogens (tertiary/aromatic N) is 1. The summed E-state index contributed by atoms with van der Waals surface area (Å²) in [6.07, 6.45) is -0.0534. The zero-order chi connectivity index (χ0) is 15.5. The molecular formula is C14H26N2O5. The van der Waals surface area contributed by atoms with Crippen molar-refractivity contribution in [1.82, 2.24) is 5.32 Å². The molecule has 0 radical (unpaired) electrons. The van der Waals surface area contributed by atoms with Gasteiger partial charge in [0.05, 0.1) is 26.9 Å². The average molecular weight is 302 g/mol. The minimum Gasteiger partial charge on any atom is -0.469 e. The summed E-state index contributed by atoms with van der Waals surface area (Å²) in [7, 11) is 1.58. The van der Waals surface area contributed by atoms with Crippen molar-refractivity contribution in [3.8, 4) is 0 Å². The second-order valence-electron chi connectivity index (χ2n) is 6.13. The molecule has 7 nitrogen and oxygen atoms in total. The van der Waals surface area contributed by atoms with Gasteiger partial charge in [-0.2, -0.15) is 0 Å². The van der Waals surface area contributed by atoms with E-state index in [-0.39, 0.29) is 12.2 Å². The molecule has 1 N–H and O–H groups in total. The molecule has 0 bridgehead atoms. The summed E-state index contributed by atoms with van der Waals surface area (Å²) in [5, 5.41) is 3.12. The van der Waals surface area contributed by atoms with Gasteiger partial charge in [-0.3, -0.25) is 0 Å². The molecule has 0 spiro atoms. The Bertz CT molecular complexity index is 384. The molecule has 2 aliphatic rings. The molecule has 2 atom stereocenters. The van der Waals surface area contributed by atoms with Crippen LogP contribution in [0.5, 0.6) is 0 Å². The molecule has 2 heterocycles. The number of hydrogen-bond donors (Lipinski definition) is 1. The van der Waals surface area contributed by atoms with Crippen LogP contribution in [0.2, 0.25) is 0 Å². The molecule has 0 saturated carbocycles. The monoisotopic (exact) mass is 302 g/mol. The van der Waals surface area contributed by atoms with Gasteiger partial charge in [0.25, 0.3) is 6.02 Å². The molecule has 2 fully saturated rings. The van der Waals surface area contributed by atoms with Gasteiger partial charge in [-0.25, -0.2) is 4.99 Å². The summed E-state index contributed by atoms with van der Waals surface area (Å²) in [5.74, 6) is -1.04. The lowest BCUT2D eigenvalue weighted by molar-refractivity contribution is -0.137. The lowest BCUT2D eigenvalue weighted by Crippen LogP contribution is -2.36.